The van der Waals surface area contributed by atoms with E-state index in [1.165, 1.54) is 38.5 Å². The van der Waals surface area contributed by atoms with Crippen molar-refractivity contribution in [1.29, 1.82) is 0 Å². The van der Waals surface area contributed by atoms with Crippen LogP contribution in [0.4, 0.5) is 4.39 Å². The Kier molecular flexibility index (Phi) is 15.8. The topological polar surface area (TPSA) is 93.1 Å². The van der Waals surface area contributed by atoms with Crippen molar-refractivity contribution in [3.05, 3.63) is 95.3 Å². The Morgan fingerprint density at radius 3 is 2.10 bits per heavy atom. The fourth-order valence-corrected chi connectivity index (χ4v) is 7.17. The van der Waals surface area contributed by atoms with Gasteiger partial charge in [0, 0.05) is 35.5 Å². The Hall–Kier alpha value is -4.07. The molecule has 0 amide bonds. The van der Waals surface area contributed by atoms with Crippen LogP contribution in [0.3, 0.4) is 0 Å². The molecule has 0 atom stereocenters. The van der Waals surface area contributed by atoms with E-state index in [1.807, 2.05) is 24.3 Å². The summed E-state index contributed by atoms with van der Waals surface area (Å²) in [6.07, 6.45) is 13.2. The second-order valence-corrected chi connectivity index (χ2v) is 14.5. The number of carbonyl (C=O) groups is 2. The first-order valence-electron chi connectivity index (χ1n) is 19.1. The molecule has 3 aromatic rings. The Bertz CT molecular complexity index is 1700. The minimum atomic E-state index is -0.589. The second-order valence-electron chi connectivity index (χ2n) is 14.5. The Morgan fingerprint density at radius 2 is 1.44 bits per heavy atom. The van der Waals surface area contributed by atoms with Crippen molar-refractivity contribution in [3.63, 3.8) is 0 Å². The average Bonchev–Trinajstić information content (AvgIpc) is 3.13. The zero-order chi connectivity index (χ0) is 37.6. The number of aliphatic hydroxyl groups excluding tert-OH is 2. The van der Waals surface area contributed by atoms with Crippen molar-refractivity contribution in [1.82, 2.24) is 0 Å². The van der Waals surface area contributed by atoms with Crippen LogP contribution in [-0.2, 0) is 22.4 Å². The molecule has 3 aromatic carbocycles. The van der Waals surface area contributed by atoms with Gasteiger partial charge >= 0.3 is 11.9 Å². The molecular formula is C45H57FO6. The first kappa shape index (κ1) is 40.7. The minimum absolute atomic E-state index is 0.00657. The Labute approximate surface area is 309 Å². The number of hydrogen-bond acceptors (Lipinski definition) is 6. The molecule has 280 valence electrons. The van der Waals surface area contributed by atoms with Crippen molar-refractivity contribution >= 4 is 11.9 Å². The molecule has 0 aliphatic heterocycles. The van der Waals surface area contributed by atoms with Crippen LogP contribution >= 0.6 is 0 Å². The molecule has 1 aliphatic rings. The van der Waals surface area contributed by atoms with Gasteiger partial charge in [-0.1, -0.05) is 70.4 Å². The van der Waals surface area contributed by atoms with Gasteiger partial charge in [0.2, 0.25) is 0 Å². The van der Waals surface area contributed by atoms with Crippen molar-refractivity contribution in [3.8, 4) is 33.8 Å². The summed E-state index contributed by atoms with van der Waals surface area (Å²) in [5.41, 5.74) is 5.41. The molecule has 7 heteroatoms. The number of benzene rings is 3. The van der Waals surface area contributed by atoms with Crippen molar-refractivity contribution < 1.29 is 33.7 Å². The number of rotatable bonds is 19. The van der Waals surface area contributed by atoms with Gasteiger partial charge in [0.05, 0.1) is 0 Å². The van der Waals surface area contributed by atoms with Gasteiger partial charge < -0.3 is 19.7 Å². The molecule has 6 nitrogen and oxygen atoms in total. The fraction of sp³-hybridized carbons (Fsp3) is 0.467. The predicted octanol–water partition coefficient (Wildman–Crippen LogP) is 10.6. The summed E-state index contributed by atoms with van der Waals surface area (Å²) < 4.78 is 27.9. The Balaban J connectivity index is 1.82. The monoisotopic (exact) mass is 712 g/mol. The van der Waals surface area contributed by atoms with Gasteiger partial charge in [-0.05, 0) is 142 Å². The molecule has 0 heterocycles. The van der Waals surface area contributed by atoms with E-state index in [1.54, 1.807) is 38.1 Å². The first-order valence-corrected chi connectivity index (χ1v) is 19.1. The fourth-order valence-electron chi connectivity index (χ4n) is 7.17. The van der Waals surface area contributed by atoms with E-state index in [2.05, 4.69) is 20.1 Å². The molecule has 0 radical (unpaired) electrons. The molecule has 52 heavy (non-hydrogen) atoms. The van der Waals surface area contributed by atoms with Gasteiger partial charge in [-0.3, -0.25) is 0 Å². The second kappa shape index (κ2) is 20.2. The summed E-state index contributed by atoms with van der Waals surface area (Å²) in [5.74, 6) is 0.215. The molecule has 1 fully saturated rings. The maximum absolute atomic E-state index is 16.3. The summed E-state index contributed by atoms with van der Waals surface area (Å²) in [6.45, 7) is 12.9. The van der Waals surface area contributed by atoms with E-state index < -0.39 is 11.9 Å². The number of aliphatic hydroxyl groups is 2. The SMILES string of the molecule is C=C(C)C(=O)Oc1cc(CCCO)cc(-c2cc(-c3ccc(C4CCC(CCCCC)CC4)cc3F)cc(OC(=O)C(=C)C)c2CCCCCO)c1. The standard InChI is InChI=1S/C45H57FO6/c1-6-7-9-13-32-16-18-34(19-17-32)35-20-21-39(42(46)28-35)37-27-41(40(15-10-8-11-22-47)43(29-37)52-45(50)31(4)5)36-24-33(14-12-23-48)25-38(26-36)51-44(49)30(2)3/h20-21,24-29,32,34,47-48H,2,4,6-19,22-23H2,1,3,5H3. The predicted molar refractivity (Wildman–Crippen MR) is 207 cm³/mol. The zero-order valence-electron chi connectivity index (χ0n) is 31.4. The summed E-state index contributed by atoms with van der Waals surface area (Å²) in [5, 5.41) is 19.0. The van der Waals surface area contributed by atoms with Gasteiger partial charge in [0.15, 0.2) is 0 Å². The quantitative estimate of drug-likeness (QED) is 0.0556. The number of unbranched alkanes of at least 4 members (excludes halogenated alkanes) is 4. The maximum atomic E-state index is 16.3. The molecule has 0 saturated heterocycles. The third-order valence-electron chi connectivity index (χ3n) is 10.1. The van der Waals surface area contributed by atoms with E-state index in [0.717, 1.165) is 41.9 Å². The summed E-state index contributed by atoms with van der Waals surface area (Å²) in [4.78, 5) is 25.6. The third kappa shape index (κ3) is 11.5. The molecular weight excluding hydrogens is 655 g/mol. The lowest BCUT2D eigenvalue weighted by atomic mass is 9.77. The number of ether oxygens (including phenoxy) is 2. The number of aryl methyl sites for hydroxylation is 1. The Morgan fingerprint density at radius 1 is 0.750 bits per heavy atom. The van der Waals surface area contributed by atoms with Gasteiger partial charge in [0.1, 0.15) is 17.3 Å². The molecule has 2 N–H and O–H groups in total. The van der Waals surface area contributed by atoms with E-state index in [9.17, 15) is 19.8 Å². The summed E-state index contributed by atoms with van der Waals surface area (Å²) in [6, 6.07) is 14.7. The van der Waals surface area contributed by atoms with Crippen molar-refractivity contribution in [2.24, 2.45) is 5.92 Å². The van der Waals surface area contributed by atoms with Gasteiger partial charge in [-0.15, -0.1) is 0 Å². The number of halogens is 1. The highest BCUT2D eigenvalue weighted by Gasteiger charge is 2.24. The van der Waals surface area contributed by atoms with Gasteiger partial charge in [-0.25, -0.2) is 14.0 Å². The number of esters is 2. The van der Waals surface area contributed by atoms with E-state index in [0.29, 0.717) is 71.8 Å². The van der Waals surface area contributed by atoms with Crippen LogP contribution in [0, 0.1) is 11.7 Å². The highest BCUT2D eigenvalue weighted by Crippen LogP contribution is 2.42. The molecule has 0 aromatic heterocycles. The average molecular weight is 713 g/mol. The largest absolute Gasteiger partial charge is 0.423 e. The number of hydrogen-bond donors (Lipinski definition) is 2. The van der Waals surface area contributed by atoms with E-state index in [-0.39, 0.29) is 30.2 Å². The van der Waals surface area contributed by atoms with Crippen LogP contribution in [0.15, 0.2) is 72.8 Å². The molecule has 0 bridgehead atoms. The van der Waals surface area contributed by atoms with Gasteiger partial charge in [-0.2, -0.15) is 0 Å². The van der Waals surface area contributed by atoms with Gasteiger partial charge in [0.25, 0.3) is 0 Å². The molecule has 0 unspecified atom stereocenters. The van der Waals surface area contributed by atoms with Crippen LogP contribution < -0.4 is 9.47 Å². The number of carbonyl (C=O) groups excluding carboxylic acids is 2. The van der Waals surface area contributed by atoms with Crippen LogP contribution in [0.25, 0.3) is 22.3 Å². The van der Waals surface area contributed by atoms with Crippen LogP contribution in [0.1, 0.15) is 120 Å². The molecule has 1 saturated carbocycles. The smallest absolute Gasteiger partial charge is 0.338 e. The van der Waals surface area contributed by atoms with Crippen molar-refractivity contribution in [2.75, 3.05) is 13.2 Å². The highest BCUT2D eigenvalue weighted by molar-refractivity contribution is 5.91. The lowest BCUT2D eigenvalue weighted by Gasteiger charge is -2.29. The summed E-state index contributed by atoms with van der Waals surface area (Å²) in [7, 11) is 0. The maximum Gasteiger partial charge on any atom is 0.338 e. The first-order chi connectivity index (χ1) is 25.0. The molecule has 1 aliphatic carbocycles. The minimum Gasteiger partial charge on any atom is -0.423 e. The summed E-state index contributed by atoms with van der Waals surface area (Å²) >= 11 is 0. The molecule has 0 spiro atoms. The van der Waals surface area contributed by atoms with E-state index >= 15 is 4.39 Å². The van der Waals surface area contributed by atoms with Crippen LogP contribution in [-0.4, -0.2) is 35.4 Å². The van der Waals surface area contributed by atoms with Crippen LogP contribution in [0.5, 0.6) is 11.5 Å². The lowest BCUT2D eigenvalue weighted by molar-refractivity contribution is -0.131. The van der Waals surface area contributed by atoms with E-state index in [4.69, 9.17) is 9.47 Å². The highest BCUT2D eigenvalue weighted by atomic mass is 19.1. The third-order valence-corrected chi connectivity index (χ3v) is 10.1. The van der Waals surface area contributed by atoms with Crippen molar-refractivity contribution in [2.45, 2.75) is 117 Å². The molecule has 4 rings (SSSR count). The normalized spacial score (nSPS) is 15.7. The lowest BCUT2D eigenvalue weighted by Crippen LogP contribution is -2.13. The van der Waals surface area contributed by atoms with Crippen LogP contribution in [0.2, 0.25) is 0 Å². The zero-order valence-corrected chi connectivity index (χ0v) is 31.4.